The molecule has 2 nitrogen and oxygen atoms in total. The number of benzene rings is 1. The number of hydrogen-bond acceptors (Lipinski definition) is 1. The molecule has 3 heteroatoms. The van der Waals surface area contributed by atoms with Gasteiger partial charge in [-0.2, -0.15) is 0 Å². The molecule has 0 aliphatic rings. The van der Waals surface area contributed by atoms with Crippen molar-refractivity contribution in [2.75, 3.05) is 11.9 Å². The smallest absolute Gasteiger partial charge is 0.250 e. The van der Waals surface area contributed by atoms with Crippen LogP contribution in [-0.2, 0) is 4.79 Å². The maximum absolute atomic E-state index is 12.0. The van der Waals surface area contributed by atoms with Gasteiger partial charge in [-0.25, -0.2) is 0 Å². The summed E-state index contributed by atoms with van der Waals surface area (Å²) < 4.78 is 1.11. The molecule has 1 aromatic carbocycles. The maximum Gasteiger partial charge on any atom is 0.250 e. The Morgan fingerprint density at radius 1 is 1.29 bits per heavy atom. The molecule has 0 aromatic heterocycles. The number of hydrogen-bond donors (Lipinski definition) is 0. The topological polar surface area (TPSA) is 20.3 Å². The van der Waals surface area contributed by atoms with Gasteiger partial charge < -0.3 is 4.90 Å². The first kappa shape index (κ1) is 14.2. The van der Waals surface area contributed by atoms with Crippen LogP contribution in [0.1, 0.15) is 25.0 Å². The van der Waals surface area contributed by atoms with Crippen LogP contribution in [0.2, 0.25) is 0 Å². The Morgan fingerprint density at radius 3 is 2.35 bits per heavy atom. The average Bonchev–Trinajstić information content (AvgIpc) is 2.14. The van der Waals surface area contributed by atoms with Crippen LogP contribution in [0.5, 0.6) is 0 Å². The normalized spacial score (nSPS) is 10.0. The van der Waals surface area contributed by atoms with Crippen molar-refractivity contribution in [3.8, 4) is 0 Å². The van der Waals surface area contributed by atoms with Gasteiger partial charge >= 0.3 is 0 Å². The summed E-state index contributed by atoms with van der Waals surface area (Å²) in [7, 11) is 1.82. The van der Waals surface area contributed by atoms with Crippen molar-refractivity contribution < 1.29 is 4.79 Å². The highest BCUT2D eigenvalue weighted by Crippen LogP contribution is 2.27. The van der Waals surface area contributed by atoms with Crippen LogP contribution in [0.25, 0.3) is 0 Å². The molecular formula is C14H18INO. The van der Waals surface area contributed by atoms with Crippen molar-refractivity contribution in [2.45, 2.75) is 27.7 Å². The fourth-order valence-corrected chi connectivity index (χ4v) is 3.07. The molecule has 1 amide bonds. The van der Waals surface area contributed by atoms with Crippen LogP contribution in [0.4, 0.5) is 5.69 Å². The van der Waals surface area contributed by atoms with Crippen LogP contribution in [-0.4, -0.2) is 13.0 Å². The summed E-state index contributed by atoms with van der Waals surface area (Å²) >= 11 is 2.28. The first-order valence-corrected chi connectivity index (χ1v) is 6.60. The Hall–Kier alpha value is -0.840. The minimum Gasteiger partial charge on any atom is -0.311 e. The lowest BCUT2D eigenvalue weighted by molar-refractivity contribution is -0.113. The highest BCUT2D eigenvalue weighted by Gasteiger charge is 2.14. The third-order valence-corrected chi connectivity index (χ3v) is 3.30. The molecule has 0 bridgehead atoms. The predicted octanol–water partition coefficient (Wildman–Crippen LogP) is 3.84. The van der Waals surface area contributed by atoms with E-state index in [2.05, 4.69) is 41.6 Å². The van der Waals surface area contributed by atoms with Crippen LogP contribution in [0.15, 0.2) is 23.8 Å². The van der Waals surface area contributed by atoms with E-state index in [1.165, 1.54) is 5.56 Å². The highest BCUT2D eigenvalue weighted by molar-refractivity contribution is 14.1. The first-order chi connectivity index (χ1) is 7.82. The zero-order valence-electron chi connectivity index (χ0n) is 11.0. The number of likely N-dealkylation sites (N-methyl/N-ethyl adjacent to an activating group) is 1. The second-order valence-electron chi connectivity index (χ2n) is 4.53. The molecular weight excluding hydrogens is 325 g/mol. The molecule has 1 aromatic rings. The van der Waals surface area contributed by atoms with Gasteiger partial charge in [0.05, 0.1) is 5.69 Å². The van der Waals surface area contributed by atoms with Crippen LogP contribution in [0.3, 0.4) is 0 Å². The molecule has 17 heavy (non-hydrogen) atoms. The Bertz CT molecular complexity index is 450. The second kappa shape index (κ2) is 5.67. The molecule has 0 spiro atoms. The molecule has 0 aliphatic heterocycles. The third-order valence-electron chi connectivity index (χ3n) is 2.48. The first-order valence-electron chi connectivity index (χ1n) is 5.52. The van der Waals surface area contributed by atoms with E-state index in [9.17, 15) is 4.79 Å². The number of halogens is 1. The fourth-order valence-electron chi connectivity index (χ4n) is 1.79. The van der Waals surface area contributed by atoms with Gasteiger partial charge in [0.15, 0.2) is 0 Å². The molecule has 0 fully saturated rings. The highest BCUT2D eigenvalue weighted by atomic mass is 127. The van der Waals surface area contributed by atoms with Crippen LogP contribution < -0.4 is 4.90 Å². The predicted molar refractivity (Wildman–Crippen MR) is 81.5 cm³/mol. The second-order valence-corrected chi connectivity index (χ2v) is 5.69. The summed E-state index contributed by atoms with van der Waals surface area (Å²) in [5, 5.41) is 0. The number of anilines is 1. The standard InChI is InChI=1S/C14H18INO/c1-9(2)6-13(17)16(5)14-11(4)7-10(3)8-12(14)15/h6-8H,1-5H3. The van der Waals surface area contributed by atoms with Gasteiger partial charge in [-0.15, -0.1) is 0 Å². The molecule has 0 unspecified atom stereocenters. The van der Waals surface area contributed by atoms with Crippen molar-refractivity contribution in [1.82, 2.24) is 0 Å². The lowest BCUT2D eigenvalue weighted by Gasteiger charge is -2.20. The minimum atomic E-state index is 0.0230. The van der Waals surface area contributed by atoms with Gasteiger partial charge in [-0.1, -0.05) is 11.6 Å². The number of allylic oxidation sites excluding steroid dienone is 1. The van der Waals surface area contributed by atoms with Crippen molar-refractivity contribution in [1.29, 1.82) is 0 Å². The Balaban J connectivity index is 3.17. The zero-order valence-corrected chi connectivity index (χ0v) is 13.1. The van der Waals surface area contributed by atoms with Crippen LogP contribution >= 0.6 is 22.6 Å². The summed E-state index contributed by atoms with van der Waals surface area (Å²) in [5.41, 5.74) is 4.37. The summed E-state index contributed by atoms with van der Waals surface area (Å²) in [5.74, 6) is 0.0230. The van der Waals surface area contributed by atoms with E-state index in [-0.39, 0.29) is 5.91 Å². The van der Waals surface area contributed by atoms with E-state index >= 15 is 0 Å². The minimum absolute atomic E-state index is 0.0230. The number of nitrogens with zero attached hydrogens (tertiary/aromatic N) is 1. The summed E-state index contributed by atoms with van der Waals surface area (Å²) in [6.45, 7) is 7.96. The Morgan fingerprint density at radius 2 is 1.88 bits per heavy atom. The van der Waals surface area contributed by atoms with Crippen LogP contribution in [0, 0.1) is 17.4 Å². The quantitative estimate of drug-likeness (QED) is 0.590. The van der Waals surface area contributed by atoms with Crippen molar-refractivity contribution in [3.05, 3.63) is 38.5 Å². The lowest BCUT2D eigenvalue weighted by Crippen LogP contribution is -2.26. The molecule has 0 aliphatic carbocycles. The number of carbonyl (C=O) groups excluding carboxylic acids is 1. The van der Waals surface area contributed by atoms with E-state index < -0.39 is 0 Å². The van der Waals surface area contributed by atoms with E-state index in [1.54, 1.807) is 11.0 Å². The summed E-state index contributed by atoms with van der Waals surface area (Å²) in [6, 6.07) is 4.19. The molecule has 0 saturated carbocycles. The molecule has 92 valence electrons. The molecule has 1 rings (SSSR count). The van der Waals surface area contributed by atoms with Crippen molar-refractivity contribution >= 4 is 34.2 Å². The molecule has 0 heterocycles. The SMILES string of the molecule is CC(C)=CC(=O)N(C)c1c(C)cc(C)cc1I. The van der Waals surface area contributed by atoms with Crippen molar-refractivity contribution in [3.63, 3.8) is 0 Å². The van der Waals surface area contributed by atoms with Gasteiger partial charge in [0.1, 0.15) is 0 Å². The molecule has 0 saturated heterocycles. The molecule has 0 N–H and O–H groups in total. The summed E-state index contributed by atoms with van der Waals surface area (Å²) in [4.78, 5) is 13.7. The third kappa shape index (κ3) is 3.56. The van der Waals surface area contributed by atoms with E-state index in [1.807, 2.05) is 27.8 Å². The van der Waals surface area contributed by atoms with E-state index in [4.69, 9.17) is 0 Å². The fraction of sp³-hybridized carbons (Fsp3) is 0.357. The van der Waals surface area contributed by atoms with E-state index in [0.717, 1.165) is 20.4 Å². The van der Waals surface area contributed by atoms with E-state index in [0.29, 0.717) is 0 Å². The Labute approximate surface area is 117 Å². The lowest BCUT2D eigenvalue weighted by atomic mass is 10.1. The summed E-state index contributed by atoms with van der Waals surface area (Å²) in [6.07, 6.45) is 1.66. The molecule has 0 radical (unpaired) electrons. The van der Waals surface area contributed by atoms with Gasteiger partial charge in [-0.3, -0.25) is 4.79 Å². The number of amides is 1. The monoisotopic (exact) mass is 343 g/mol. The average molecular weight is 343 g/mol. The zero-order chi connectivity index (χ0) is 13.2. The van der Waals surface area contributed by atoms with Gasteiger partial charge in [0.25, 0.3) is 5.91 Å². The largest absolute Gasteiger partial charge is 0.311 e. The number of rotatable bonds is 2. The maximum atomic E-state index is 12.0. The molecule has 0 atom stereocenters. The Kier molecular flexibility index (Phi) is 4.74. The number of aryl methyl sites for hydroxylation is 2. The van der Waals surface area contributed by atoms with Crippen molar-refractivity contribution in [2.24, 2.45) is 0 Å². The van der Waals surface area contributed by atoms with Gasteiger partial charge in [-0.05, 0) is 67.5 Å². The number of carbonyl (C=O) groups is 1. The van der Waals surface area contributed by atoms with Gasteiger partial charge in [0.2, 0.25) is 0 Å². The van der Waals surface area contributed by atoms with Gasteiger partial charge in [0, 0.05) is 16.7 Å².